The van der Waals surface area contributed by atoms with Gasteiger partial charge in [-0.2, -0.15) is 0 Å². The molecule has 0 spiro atoms. The lowest BCUT2D eigenvalue weighted by atomic mass is 10.3. The molecule has 0 saturated heterocycles. The van der Waals surface area contributed by atoms with Crippen LogP contribution in [0.2, 0.25) is 0 Å². The van der Waals surface area contributed by atoms with Gasteiger partial charge < -0.3 is 15.1 Å². The van der Waals surface area contributed by atoms with E-state index in [1.54, 1.807) is 0 Å². The van der Waals surface area contributed by atoms with Crippen LogP contribution in [0.15, 0.2) is 33.2 Å². The Balaban J connectivity index is 1.98. The summed E-state index contributed by atoms with van der Waals surface area (Å²) < 4.78 is 6.60. The van der Waals surface area contributed by atoms with Gasteiger partial charge in [0, 0.05) is 10.2 Å². The minimum atomic E-state index is 0.0629. The number of anilines is 2. The summed E-state index contributed by atoms with van der Waals surface area (Å²) in [5, 5.41) is 14.4. The molecule has 0 bridgehead atoms. The molecule has 0 aliphatic rings. The summed E-state index contributed by atoms with van der Waals surface area (Å²) >= 11 is 3.39. The highest BCUT2D eigenvalue weighted by atomic mass is 79.9. The van der Waals surface area contributed by atoms with Crippen LogP contribution in [0.4, 0.5) is 11.7 Å². The van der Waals surface area contributed by atoms with Crippen molar-refractivity contribution in [2.45, 2.75) is 26.3 Å². The maximum absolute atomic E-state index is 5.57. The number of aromatic nitrogens is 2. The topological polar surface area (TPSA) is 63.0 Å². The third kappa shape index (κ3) is 4.04. The van der Waals surface area contributed by atoms with E-state index in [0.717, 1.165) is 23.1 Å². The Morgan fingerprint density at radius 3 is 2.68 bits per heavy atom. The lowest BCUT2D eigenvalue weighted by Crippen LogP contribution is -2.19. The van der Waals surface area contributed by atoms with Crippen molar-refractivity contribution in [3.8, 4) is 0 Å². The van der Waals surface area contributed by atoms with Crippen molar-refractivity contribution in [1.29, 1.82) is 0 Å². The molecular weight excluding hydrogens is 308 g/mol. The molecule has 0 aliphatic carbocycles. The van der Waals surface area contributed by atoms with Crippen molar-refractivity contribution in [1.82, 2.24) is 15.5 Å². The summed E-state index contributed by atoms with van der Waals surface area (Å²) in [5.74, 6) is 0.591. The second-order valence-corrected chi connectivity index (χ2v) is 5.17. The SMILES string of the molecule is CCCNC(C)c1nnc(Nc2ccc(Br)cc2)o1. The van der Waals surface area contributed by atoms with Crippen LogP contribution in [0.3, 0.4) is 0 Å². The summed E-state index contributed by atoms with van der Waals surface area (Å²) in [4.78, 5) is 0. The normalized spacial score (nSPS) is 12.4. The summed E-state index contributed by atoms with van der Waals surface area (Å²) in [6, 6.07) is 8.24. The standard InChI is InChI=1S/C13H17BrN4O/c1-3-8-15-9(2)12-17-18-13(19-12)16-11-6-4-10(14)5-7-11/h4-7,9,15H,3,8H2,1-2H3,(H,16,18). The fourth-order valence-electron chi connectivity index (χ4n) is 1.56. The van der Waals surface area contributed by atoms with Gasteiger partial charge in [-0.3, -0.25) is 0 Å². The molecule has 0 saturated carbocycles. The maximum Gasteiger partial charge on any atom is 0.320 e. The van der Waals surface area contributed by atoms with Gasteiger partial charge in [-0.15, -0.1) is 5.10 Å². The molecule has 2 N–H and O–H groups in total. The maximum atomic E-state index is 5.57. The molecule has 1 aromatic heterocycles. The molecule has 1 unspecified atom stereocenters. The Morgan fingerprint density at radius 2 is 2.00 bits per heavy atom. The zero-order valence-corrected chi connectivity index (χ0v) is 12.6. The van der Waals surface area contributed by atoms with Gasteiger partial charge in [-0.25, -0.2) is 0 Å². The van der Waals surface area contributed by atoms with Gasteiger partial charge in [0.2, 0.25) is 5.89 Å². The molecule has 2 rings (SSSR count). The zero-order valence-electron chi connectivity index (χ0n) is 11.0. The Kier molecular flexibility index (Phi) is 4.93. The van der Waals surface area contributed by atoms with Crippen molar-refractivity contribution < 1.29 is 4.42 Å². The van der Waals surface area contributed by atoms with Gasteiger partial charge in [0.25, 0.3) is 0 Å². The lowest BCUT2D eigenvalue weighted by molar-refractivity contribution is 0.424. The average molecular weight is 325 g/mol. The van der Waals surface area contributed by atoms with Gasteiger partial charge in [0.05, 0.1) is 6.04 Å². The van der Waals surface area contributed by atoms with Crippen LogP contribution in [0.5, 0.6) is 0 Å². The van der Waals surface area contributed by atoms with E-state index in [9.17, 15) is 0 Å². The average Bonchev–Trinajstić information content (AvgIpc) is 2.87. The van der Waals surface area contributed by atoms with E-state index >= 15 is 0 Å². The molecule has 0 amide bonds. The first-order valence-electron chi connectivity index (χ1n) is 6.28. The van der Waals surface area contributed by atoms with Crippen LogP contribution in [0.1, 0.15) is 32.2 Å². The van der Waals surface area contributed by atoms with E-state index in [4.69, 9.17) is 4.42 Å². The monoisotopic (exact) mass is 324 g/mol. The van der Waals surface area contributed by atoms with E-state index in [2.05, 4.69) is 43.7 Å². The van der Waals surface area contributed by atoms with Crippen LogP contribution < -0.4 is 10.6 Å². The minimum absolute atomic E-state index is 0.0629. The van der Waals surface area contributed by atoms with Crippen molar-refractivity contribution >= 4 is 27.6 Å². The minimum Gasteiger partial charge on any atom is -0.406 e. The van der Waals surface area contributed by atoms with E-state index in [0.29, 0.717) is 11.9 Å². The van der Waals surface area contributed by atoms with Crippen molar-refractivity contribution in [2.24, 2.45) is 0 Å². The number of halogens is 1. The Hall–Kier alpha value is -1.40. The van der Waals surface area contributed by atoms with E-state index in [1.807, 2.05) is 31.2 Å². The fraction of sp³-hybridized carbons (Fsp3) is 0.385. The summed E-state index contributed by atoms with van der Waals surface area (Å²) in [5.41, 5.74) is 0.910. The highest BCUT2D eigenvalue weighted by Gasteiger charge is 2.12. The third-order valence-electron chi connectivity index (χ3n) is 2.61. The van der Waals surface area contributed by atoms with Gasteiger partial charge in [-0.05, 0) is 44.2 Å². The summed E-state index contributed by atoms with van der Waals surface area (Å²) in [7, 11) is 0. The van der Waals surface area contributed by atoms with E-state index < -0.39 is 0 Å². The van der Waals surface area contributed by atoms with Crippen molar-refractivity contribution in [3.05, 3.63) is 34.6 Å². The predicted molar refractivity (Wildman–Crippen MR) is 78.4 cm³/mol. The molecule has 102 valence electrons. The molecule has 1 aromatic carbocycles. The summed E-state index contributed by atoms with van der Waals surface area (Å²) in [6.45, 7) is 5.06. The first kappa shape index (κ1) is 14.0. The number of benzene rings is 1. The highest BCUT2D eigenvalue weighted by Crippen LogP contribution is 2.20. The molecule has 6 heteroatoms. The second-order valence-electron chi connectivity index (χ2n) is 4.25. The Bertz CT molecular complexity index is 512. The number of nitrogens with one attached hydrogen (secondary N) is 2. The van der Waals surface area contributed by atoms with Crippen LogP contribution in [-0.2, 0) is 0 Å². The van der Waals surface area contributed by atoms with Gasteiger partial charge in [0.15, 0.2) is 0 Å². The molecule has 0 fully saturated rings. The molecule has 1 heterocycles. The van der Waals surface area contributed by atoms with Crippen molar-refractivity contribution in [3.63, 3.8) is 0 Å². The van der Waals surface area contributed by atoms with Gasteiger partial charge >= 0.3 is 6.01 Å². The molecule has 0 aliphatic heterocycles. The fourth-order valence-corrected chi connectivity index (χ4v) is 1.83. The molecule has 5 nitrogen and oxygen atoms in total. The number of hydrogen-bond donors (Lipinski definition) is 2. The van der Waals surface area contributed by atoms with Crippen LogP contribution in [0, 0.1) is 0 Å². The first-order valence-corrected chi connectivity index (χ1v) is 7.07. The van der Waals surface area contributed by atoms with Crippen LogP contribution >= 0.6 is 15.9 Å². The number of nitrogens with zero attached hydrogens (tertiary/aromatic N) is 2. The van der Waals surface area contributed by atoms with E-state index in [1.165, 1.54) is 0 Å². The van der Waals surface area contributed by atoms with E-state index in [-0.39, 0.29) is 6.04 Å². The molecule has 1 atom stereocenters. The number of rotatable bonds is 6. The molecule has 0 radical (unpaired) electrons. The highest BCUT2D eigenvalue weighted by molar-refractivity contribution is 9.10. The first-order chi connectivity index (χ1) is 9.19. The Morgan fingerprint density at radius 1 is 1.26 bits per heavy atom. The quantitative estimate of drug-likeness (QED) is 0.849. The van der Waals surface area contributed by atoms with Gasteiger partial charge in [0.1, 0.15) is 0 Å². The largest absolute Gasteiger partial charge is 0.406 e. The molecule has 2 aromatic rings. The Labute approximate surface area is 120 Å². The smallest absolute Gasteiger partial charge is 0.320 e. The predicted octanol–water partition coefficient (Wildman–Crippen LogP) is 3.64. The number of hydrogen-bond acceptors (Lipinski definition) is 5. The second kappa shape index (κ2) is 6.68. The van der Waals surface area contributed by atoms with Crippen LogP contribution in [0.25, 0.3) is 0 Å². The molecule has 19 heavy (non-hydrogen) atoms. The summed E-state index contributed by atoms with van der Waals surface area (Å²) in [6.07, 6.45) is 1.07. The third-order valence-corrected chi connectivity index (χ3v) is 3.14. The zero-order chi connectivity index (χ0) is 13.7. The van der Waals surface area contributed by atoms with Crippen LogP contribution in [-0.4, -0.2) is 16.7 Å². The van der Waals surface area contributed by atoms with Crippen molar-refractivity contribution in [2.75, 3.05) is 11.9 Å². The molecular formula is C13H17BrN4O. The van der Waals surface area contributed by atoms with Gasteiger partial charge in [-0.1, -0.05) is 28.0 Å². The lowest BCUT2D eigenvalue weighted by Gasteiger charge is -2.07.